The summed E-state index contributed by atoms with van der Waals surface area (Å²) in [7, 11) is 1.56. The molecule has 6 nitrogen and oxygen atoms in total. The van der Waals surface area contributed by atoms with Gasteiger partial charge in [0.2, 0.25) is 5.88 Å². The van der Waals surface area contributed by atoms with Crippen molar-refractivity contribution in [2.45, 2.75) is 13.5 Å². The van der Waals surface area contributed by atoms with E-state index in [9.17, 15) is 4.79 Å². The van der Waals surface area contributed by atoms with Crippen molar-refractivity contribution in [1.82, 2.24) is 9.97 Å². The van der Waals surface area contributed by atoms with Crippen LogP contribution in [-0.2, 0) is 6.61 Å². The van der Waals surface area contributed by atoms with E-state index in [0.29, 0.717) is 23.9 Å². The molecule has 0 spiro atoms. The van der Waals surface area contributed by atoms with Crippen LogP contribution in [0.4, 0.5) is 5.69 Å². The van der Waals surface area contributed by atoms with Gasteiger partial charge in [0, 0.05) is 6.07 Å². The third-order valence-electron chi connectivity index (χ3n) is 3.71. The summed E-state index contributed by atoms with van der Waals surface area (Å²) >= 11 is 0. The highest BCUT2D eigenvalue weighted by molar-refractivity contribution is 6.03. The van der Waals surface area contributed by atoms with E-state index >= 15 is 0 Å². The fourth-order valence-corrected chi connectivity index (χ4v) is 2.38. The average Bonchev–Trinajstić information content (AvgIpc) is 2.67. The fraction of sp³-hybridized carbons (Fsp3) is 0.150. The van der Waals surface area contributed by atoms with Gasteiger partial charge in [-0.25, -0.2) is 9.97 Å². The number of benzene rings is 2. The van der Waals surface area contributed by atoms with Gasteiger partial charge in [-0.15, -0.1) is 0 Å². The van der Waals surface area contributed by atoms with Gasteiger partial charge in [-0.2, -0.15) is 0 Å². The van der Waals surface area contributed by atoms with Gasteiger partial charge >= 0.3 is 0 Å². The van der Waals surface area contributed by atoms with Crippen LogP contribution in [-0.4, -0.2) is 23.0 Å². The molecule has 0 unspecified atom stereocenters. The Bertz CT molecular complexity index is 898. The molecule has 3 rings (SSSR count). The van der Waals surface area contributed by atoms with E-state index in [1.165, 1.54) is 12.4 Å². The van der Waals surface area contributed by atoms with E-state index in [2.05, 4.69) is 15.3 Å². The van der Waals surface area contributed by atoms with Gasteiger partial charge in [0.1, 0.15) is 24.4 Å². The Morgan fingerprint density at radius 2 is 1.88 bits per heavy atom. The van der Waals surface area contributed by atoms with Gasteiger partial charge in [0.15, 0.2) is 0 Å². The Hall–Kier alpha value is -3.41. The number of nitrogens with one attached hydrogen (secondary N) is 1. The highest BCUT2D eigenvalue weighted by Crippen LogP contribution is 2.25. The first kappa shape index (κ1) is 17.4. The Morgan fingerprint density at radius 3 is 2.65 bits per heavy atom. The summed E-state index contributed by atoms with van der Waals surface area (Å²) in [6.07, 6.45) is 1.31. The minimum Gasteiger partial charge on any atom is -0.495 e. The molecule has 0 radical (unpaired) electrons. The molecule has 0 atom stereocenters. The monoisotopic (exact) mass is 349 g/mol. The zero-order chi connectivity index (χ0) is 18.4. The summed E-state index contributed by atoms with van der Waals surface area (Å²) in [6.45, 7) is 2.31. The Labute approximate surface area is 151 Å². The quantitative estimate of drug-likeness (QED) is 0.736. The predicted octanol–water partition coefficient (Wildman–Crippen LogP) is 3.62. The lowest BCUT2D eigenvalue weighted by molar-refractivity contribution is 0.102. The molecule has 0 aliphatic rings. The van der Waals surface area contributed by atoms with Crippen LogP contribution >= 0.6 is 0 Å². The van der Waals surface area contributed by atoms with Crippen molar-refractivity contribution >= 4 is 11.6 Å². The van der Waals surface area contributed by atoms with E-state index in [0.717, 1.165) is 11.1 Å². The summed E-state index contributed by atoms with van der Waals surface area (Å²) in [6, 6.07) is 16.8. The molecule has 2 aromatic carbocycles. The number of rotatable bonds is 6. The molecule has 6 heteroatoms. The molecular formula is C20H19N3O3. The number of hydrogen-bond donors (Lipinski definition) is 1. The van der Waals surface area contributed by atoms with Crippen LogP contribution in [0.5, 0.6) is 11.6 Å². The van der Waals surface area contributed by atoms with Crippen molar-refractivity contribution < 1.29 is 14.3 Å². The second kappa shape index (κ2) is 8.11. The van der Waals surface area contributed by atoms with E-state index in [4.69, 9.17) is 9.47 Å². The number of aryl methyl sites for hydroxylation is 1. The van der Waals surface area contributed by atoms with Gasteiger partial charge in [0.25, 0.3) is 5.91 Å². The Balaban J connectivity index is 1.71. The molecule has 1 amide bonds. The van der Waals surface area contributed by atoms with Crippen LogP contribution in [0.3, 0.4) is 0 Å². The molecular weight excluding hydrogens is 330 g/mol. The van der Waals surface area contributed by atoms with Gasteiger partial charge in [-0.3, -0.25) is 4.79 Å². The molecule has 1 heterocycles. The summed E-state index contributed by atoms with van der Waals surface area (Å²) < 4.78 is 10.9. The summed E-state index contributed by atoms with van der Waals surface area (Å²) in [4.78, 5) is 20.6. The number of nitrogens with zero attached hydrogens (tertiary/aromatic N) is 2. The molecule has 26 heavy (non-hydrogen) atoms. The molecule has 3 aromatic rings. The van der Waals surface area contributed by atoms with E-state index in [1.807, 2.05) is 49.4 Å². The molecule has 0 aliphatic carbocycles. The summed E-state index contributed by atoms with van der Waals surface area (Å²) in [5.74, 6) is 0.560. The SMILES string of the molecule is COc1ccc(C)cc1NC(=O)c1cc(OCc2ccccc2)ncn1. The highest BCUT2D eigenvalue weighted by atomic mass is 16.5. The molecule has 0 fully saturated rings. The lowest BCUT2D eigenvalue weighted by atomic mass is 10.2. The van der Waals surface area contributed by atoms with Gasteiger partial charge in [-0.1, -0.05) is 36.4 Å². The van der Waals surface area contributed by atoms with Crippen molar-refractivity contribution in [3.63, 3.8) is 0 Å². The molecule has 0 aliphatic heterocycles. The van der Waals surface area contributed by atoms with Crippen molar-refractivity contribution in [3.05, 3.63) is 77.7 Å². The van der Waals surface area contributed by atoms with Crippen LogP contribution < -0.4 is 14.8 Å². The topological polar surface area (TPSA) is 73.3 Å². The molecule has 132 valence electrons. The van der Waals surface area contributed by atoms with E-state index < -0.39 is 0 Å². The largest absolute Gasteiger partial charge is 0.495 e. The lowest BCUT2D eigenvalue weighted by Crippen LogP contribution is -2.15. The highest BCUT2D eigenvalue weighted by Gasteiger charge is 2.13. The second-order valence-corrected chi connectivity index (χ2v) is 5.67. The van der Waals surface area contributed by atoms with Crippen LogP contribution in [0.1, 0.15) is 21.6 Å². The standard InChI is InChI=1S/C20H19N3O3/c1-14-8-9-18(25-2)16(10-14)23-20(24)17-11-19(22-13-21-17)26-12-15-6-4-3-5-7-15/h3-11,13H,12H2,1-2H3,(H,23,24). The van der Waals surface area contributed by atoms with Crippen molar-refractivity contribution in [2.75, 3.05) is 12.4 Å². The normalized spacial score (nSPS) is 10.2. The first-order valence-electron chi connectivity index (χ1n) is 8.10. The lowest BCUT2D eigenvalue weighted by Gasteiger charge is -2.11. The smallest absolute Gasteiger partial charge is 0.274 e. The average molecular weight is 349 g/mol. The third-order valence-corrected chi connectivity index (χ3v) is 3.71. The first-order chi connectivity index (χ1) is 12.7. The van der Waals surface area contributed by atoms with Crippen LogP contribution in [0.25, 0.3) is 0 Å². The van der Waals surface area contributed by atoms with E-state index in [-0.39, 0.29) is 11.6 Å². The van der Waals surface area contributed by atoms with Gasteiger partial charge in [-0.05, 0) is 30.2 Å². The molecule has 1 aromatic heterocycles. The molecule has 1 N–H and O–H groups in total. The summed E-state index contributed by atoms with van der Waals surface area (Å²) in [5, 5.41) is 2.81. The minimum absolute atomic E-state index is 0.214. The Kier molecular flexibility index (Phi) is 5.43. The van der Waals surface area contributed by atoms with Crippen molar-refractivity contribution in [2.24, 2.45) is 0 Å². The van der Waals surface area contributed by atoms with E-state index in [1.54, 1.807) is 13.2 Å². The predicted molar refractivity (Wildman–Crippen MR) is 98.5 cm³/mol. The molecule has 0 saturated heterocycles. The summed E-state index contributed by atoms with van der Waals surface area (Å²) in [5.41, 5.74) is 2.83. The van der Waals surface area contributed by atoms with Gasteiger partial charge < -0.3 is 14.8 Å². The van der Waals surface area contributed by atoms with Crippen molar-refractivity contribution in [3.8, 4) is 11.6 Å². The molecule has 0 bridgehead atoms. The van der Waals surface area contributed by atoms with Crippen LogP contribution in [0.15, 0.2) is 60.9 Å². The number of amides is 1. The fourth-order valence-electron chi connectivity index (χ4n) is 2.38. The number of carbonyl (C=O) groups excluding carboxylic acids is 1. The van der Waals surface area contributed by atoms with Gasteiger partial charge in [0.05, 0.1) is 12.8 Å². The number of hydrogen-bond acceptors (Lipinski definition) is 5. The number of ether oxygens (including phenoxy) is 2. The third kappa shape index (κ3) is 4.36. The second-order valence-electron chi connectivity index (χ2n) is 5.67. The number of carbonyl (C=O) groups is 1. The maximum Gasteiger partial charge on any atom is 0.274 e. The van der Waals surface area contributed by atoms with Crippen LogP contribution in [0.2, 0.25) is 0 Å². The number of anilines is 1. The minimum atomic E-state index is -0.360. The maximum atomic E-state index is 12.5. The number of methoxy groups -OCH3 is 1. The Morgan fingerprint density at radius 1 is 1.08 bits per heavy atom. The zero-order valence-corrected chi connectivity index (χ0v) is 14.6. The zero-order valence-electron chi connectivity index (χ0n) is 14.6. The number of aromatic nitrogens is 2. The van der Waals surface area contributed by atoms with Crippen LogP contribution in [0, 0.1) is 6.92 Å². The first-order valence-corrected chi connectivity index (χ1v) is 8.10. The maximum absolute atomic E-state index is 12.5. The van der Waals surface area contributed by atoms with Crippen molar-refractivity contribution in [1.29, 1.82) is 0 Å². The molecule has 0 saturated carbocycles.